The normalized spacial score (nSPS) is 20.0. The van der Waals surface area contributed by atoms with E-state index in [4.69, 9.17) is 16.5 Å². The summed E-state index contributed by atoms with van der Waals surface area (Å²) in [5, 5.41) is 4.48. The highest BCUT2D eigenvalue weighted by Crippen LogP contribution is 2.41. The van der Waals surface area contributed by atoms with Crippen molar-refractivity contribution in [3.8, 4) is 11.1 Å². The van der Waals surface area contributed by atoms with Crippen LogP contribution in [0.1, 0.15) is 56.3 Å². The molecule has 0 bridgehead atoms. The molecule has 0 atom stereocenters. The van der Waals surface area contributed by atoms with Gasteiger partial charge in [-0.2, -0.15) is 9.61 Å². The summed E-state index contributed by atoms with van der Waals surface area (Å²) in [6.07, 6.45) is 10.4. The number of rotatable bonds is 5. The first-order chi connectivity index (χ1) is 13.6. The number of aryl methyl sites for hydroxylation is 1. The van der Waals surface area contributed by atoms with E-state index < -0.39 is 0 Å². The molecule has 0 amide bonds. The fraction of sp³-hybridized carbons (Fsp3) is 0.476. The Morgan fingerprint density at radius 1 is 1.18 bits per heavy atom. The van der Waals surface area contributed by atoms with E-state index in [1.165, 1.54) is 12.8 Å². The van der Waals surface area contributed by atoms with Crippen molar-refractivity contribution in [1.82, 2.24) is 19.6 Å². The highest BCUT2D eigenvalue weighted by atomic mass is 79.9. The van der Waals surface area contributed by atoms with Gasteiger partial charge in [-0.25, -0.2) is 4.98 Å². The van der Waals surface area contributed by atoms with Crippen LogP contribution in [0.15, 0.2) is 29.0 Å². The van der Waals surface area contributed by atoms with Crippen molar-refractivity contribution < 1.29 is 0 Å². The monoisotopic (exact) mass is 442 g/mol. The Labute approximate surface area is 173 Å². The first-order valence-electron chi connectivity index (χ1n) is 10.1. The Bertz CT molecular complexity index is 957. The molecule has 7 heteroatoms. The molecule has 1 fully saturated rings. The maximum absolute atomic E-state index is 6.42. The molecule has 0 unspecified atom stereocenters. The quantitative estimate of drug-likeness (QED) is 0.613. The van der Waals surface area contributed by atoms with Gasteiger partial charge < -0.3 is 11.5 Å². The molecule has 3 heterocycles. The Morgan fingerprint density at radius 3 is 2.61 bits per heavy atom. The molecule has 0 radical (unpaired) electrons. The predicted molar refractivity (Wildman–Crippen MR) is 116 cm³/mol. The first-order valence-corrected chi connectivity index (χ1v) is 10.9. The van der Waals surface area contributed by atoms with E-state index in [0.29, 0.717) is 11.7 Å². The largest absolute Gasteiger partial charge is 0.383 e. The van der Waals surface area contributed by atoms with Crippen molar-refractivity contribution in [2.75, 3.05) is 12.3 Å². The molecule has 0 spiro atoms. The number of hydrogen-bond acceptors (Lipinski definition) is 5. The van der Waals surface area contributed by atoms with E-state index in [1.54, 1.807) is 4.52 Å². The molecule has 3 aromatic rings. The summed E-state index contributed by atoms with van der Waals surface area (Å²) < 4.78 is 2.59. The number of nitrogen functional groups attached to an aromatic ring is 1. The molecule has 0 saturated heterocycles. The standard InChI is InChI=1S/C21H27BrN6/c1-2-16-8-7-15(11-25-16)17-12-26-28-20(24)18(22)19(27-21(17)28)14-5-3-13(4-6-14)9-10-23/h7-8,11-14H,2-6,9-10,23-24H2,1H3. The van der Waals surface area contributed by atoms with Crippen molar-refractivity contribution in [1.29, 1.82) is 0 Å². The maximum Gasteiger partial charge on any atom is 0.165 e. The minimum atomic E-state index is 0.416. The minimum Gasteiger partial charge on any atom is -0.383 e. The van der Waals surface area contributed by atoms with Crippen LogP contribution < -0.4 is 11.5 Å². The zero-order valence-electron chi connectivity index (χ0n) is 16.2. The molecule has 1 saturated carbocycles. The molecule has 1 aliphatic carbocycles. The molecular weight excluding hydrogens is 416 g/mol. The number of fused-ring (bicyclic) bond motifs is 1. The zero-order chi connectivity index (χ0) is 19.7. The van der Waals surface area contributed by atoms with Crippen LogP contribution in [-0.4, -0.2) is 26.1 Å². The number of pyridine rings is 1. The average molecular weight is 443 g/mol. The fourth-order valence-corrected chi connectivity index (χ4v) is 4.82. The second kappa shape index (κ2) is 8.17. The van der Waals surface area contributed by atoms with Gasteiger partial charge in [0.05, 0.1) is 16.4 Å². The van der Waals surface area contributed by atoms with Crippen molar-refractivity contribution >= 4 is 27.4 Å². The lowest BCUT2D eigenvalue weighted by atomic mass is 9.79. The molecule has 0 aliphatic heterocycles. The summed E-state index contributed by atoms with van der Waals surface area (Å²) >= 11 is 3.69. The molecular formula is C21H27BrN6. The number of halogens is 1. The Hall–Kier alpha value is -1.99. The lowest BCUT2D eigenvalue weighted by Crippen LogP contribution is -2.18. The highest BCUT2D eigenvalue weighted by molar-refractivity contribution is 9.10. The van der Waals surface area contributed by atoms with E-state index in [9.17, 15) is 0 Å². The second-order valence-corrected chi connectivity index (χ2v) is 8.47. The van der Waals surface area contributed by atoms with Crippen LogP contribution in [0.25, 0.3) is 16.8 Å². The third kappa shape index (κ3) is 3.53. The van der Waals surface area contributed by atoms with Gasteiger partial charge in [-0.1, -0.05) is 13.0 Å². The van der Waals surface area contributed by atoms with Crippen LogP contribution in [0, 0.1) is 5.92 Å². The summed E-state index contributed by atoms with van der Waals surface area (Å²) in [4.78, 5) is 9.55. The molecule has 28 heavy (non-hydrogen) atoms. The van der Waals surface area contributed by atoms with E-state index in [1.807, 2.05) is 12.4 Å². The lowest BCUT2D eigenvalue weighted by molar-refractivity contribution is 0.310. The van der Waals surface area contributed by atoms with Gasteiger partial charge >= 0.3 is 0 Å². The molecule has 4 rings (SSSR count). The number of nitrogens with two attached hydrogens (primary N) is 2. The lowest BCUT2D eigenvalue weighted by Gasteiger charge is -2.28. The van der Waals surface area contributed by atoms with E-state index >= 15 is 0 Å². The van der Waals surface area contributed by atoms with Gasteiger partial charge in [-0.3, -0.25) is 4.98 Å². The van der Waals surface area contributed by atoms with Crippen molar-refractivity contribution in [3.05, 3.63) is 40.4 Å². The second-order valence-electron chi connectivity index (χ2n) is 7.68. The van der Waals surface area contributed by atoms with Crippen molar-refractivity contribution in [3.63, 3.8) is 0 Å². The summed E-state index contributed by atoms with van der Waals surface area (Å²) in [5.41, 5.74) is 17.1. The molecule has 3 aromatic heterocycles. The third-order valence-electron chi connectivity index (χ3n) is 5.95. The van der Waals surface area contributed by atoms with Crippen LogP contribution >= 0.6 is 15.9 Å². The van der Waals surface area contributed by atoms with Gasteiger partial charge in [0, 0.05) is 28.9 Å². The van der Waals surface area contributed by atoms with Crippen LogP contribution in [0.3, 0.4) is 0 Å². The number of aromatic nitrogens is 4. The Kier molecular flexibility index (Phi) is 5.64. The van der Waals surface area contributed by atoms with Crippen molar-refractivity contribution in [2.24, 2.45) is 11.7 Å². The smallest absolute Gasteiger partial charge is 0.165 e. The van der Waals surface area contributed by atoms with Gasteiger partial charge in [0.2, 0.25) is 0 Å². The maximum atomic E-state index is 6.42. The number of nitrogens with zero attached hydrogens (tertiary/aromatic N) is 4. The van der Waals surface area contributed by atoms with Crippen LogP contribution in [0.4, 0.5) is 5.82 Å². The number of anilines is 1. The topological polar surface area (TPSA) is 95.1 Å². The van der Waals surface area contributed by atoms with Gasteiger partial charge in [0.25, 0.3) is 0 Å². The minimum absolute atomic E-state index is 0.416. The van der Waals surface area contributed by atoms with Gasteiger partial charge in [-0.15, -0.1) is 0 Å². The summed E-state index contributed by atoms with van der Waals surface area (Å²) in [5.74, 6) is 1.77. The predicted octanol–water partition coefficient (Wildman–Crippen LogP) is 4.32. The van der Waals surface area contributed by atoms with E-state index in [-0.39, 0.29) is 0 Å². The molecule has 6 nitrogen and oxygen atoms in total. The van der Waals surface area contributed by atoms with Crippen LogP contribution in [-0.2, 0) is 6.42 Å². The molecule has 148 valence electrons. The average Bonchev–Trinajstić information content (AvgIpc) is 3.16. The Morgan fingerprint density at radius 2 is 1.96 bits per heavy atom. The van der Waals surface area contributed by atoms with Crippen LogP contribution in [0.2, 0.25) is 0 Å². The van der Waals surface area contributed by atoms with Gasteiger partial charge in [-0.05, 0) is 73.0 Å². The Balaban J connectivity index is 1.71. The molecule has 0 aromatic carbocycles. The first kappa shape index (κ1) is 19.3. The summed E-state index contributed by atoms with van der Waals surface area (Å²) in [7, 11) is 0. The van der Waals surface area contributed by atoms with Crippen molar-refractivity contribution in [2.45, 2.75) is 51.4 Å². The SMILES string of the molecule is CCc1ccc(-c2cnn3c(N)c(Br)c(C4CCC(CCN)CC4)nc23)cn1. The van der Waals surface area contributed by atoms with E-state index in [2.05, 4.69) is 45.1 Å². The summed E-state index contributed by atoms with van der Waals surface area (Å²) in [6, 6.07) is 4.14. The van der Waals surface area contributed by atoms with E-state index in [0.717, 1.165) is 70.8 Å². The van der Waals surface area contributed by atoms with Gasteiger partial charge in [0.1, 0.15) is 5.82 Å². The molecule has 1 aliphatic rings. The summed E-state index contributed by atoms with van der Waals surface area (Å²) in [6.45, 7) is 2.88. The third-order valence-corrected chi connectivity index (χ3v) is 6.77. The number of hydrogen-bond donors (Lipinski definition) is 2. The fourth-order valence-electron chi connectivity index (χ4n) is 4.24. The zero-order valence-corrected chi connectivity index (χ0v) is 17.8. The van der Waals surface area contributed by atoms with Gasteiger partial charge in [0.15, 0.2) is 5.65 Å². The molecule has 4 N–H and O–H groups in total. The highest BCUT2D eigenvalue weighted by Gasteiger charge is 2.27. The van der Waals surface area contributed by atoms with Crippen LogP contribution in [0.5, 0.6) is 0 Å².